The third-order valence-corrected chi connectivity index (χ3v) is 5.03. The van der Waals surface area contributed by atoms with E-state index in [2.05, 4.69) is 10.4 Å². The van der Waals surface area contributed by atoms with Gasteiger partial charge >= 0.3 is 0 Å². The van der Waals surface area contributed by atoms with E-state index in [1.54, 1.807) is 60.7 Å². The minimum absolute atomic E-state index is 0.146. The molecular weight excluding hydrogens is 409 g/mol. The van der Waals surface area contributed by atoms with E-state index in [0.717, 1.165) is 0 Å². The number of carbonyl (C=O) groups excluding carboxylic acids is 3. The summed E-state index contributed by atoms with van der Waals surface area (Å²) in [5.74, 6) is -1.16. The average molecular weight is 429 g/mol. The van der Waals surface area contributed by atoms with E-state index in [1.807, 2.05) is 6.07 Å². The first-order valence-electron chi connectivity index (χ1n) is 10.1. The summed E-state index contributed by atoms with van der Waals surface area (Å²) < 4.78 is 13.1. The van der Waals surface area contributed by atoms with Crippen molar-refractivity contribution >= 4 is 29.0 Å². The number of nitrogens with zero attached hydrogens (tertiary/aromatic N) is 2. The second-order valence-electron chi connectivity index (χ2n) is 7.35. The molecule has 0 spiro atoms. The molecule has 0 radical (unpaired) electrons. The van der Waals surface area contributed by atoms with E-state index >= 15 is 0 Å². The lowest BCUT2D eigenvalue weighted by atomic mass is 10.0. The second-order valence-corrected chi connectivity index (χ2v) is 7.35. The molecule has 1 heterocycles. The van der Waals surface area contributed by atoms with Crippen molar-refractivity contribution in [1.82, 2.24) is 5.01 Å². The Morgan fingerprint density at radius 1 is 0.906 bits per heavy atom. The molecule has 4 rings (SSSR count). The number of hydrogen-bond acceptors (Lipinski definition) is 4. The molecule has 1 aliphatic rings. The first-order chi connectivity index (χ1) is 15.5. The zero-order valence-corrected chi connectivity index (χ0v) is 17.1. The van der Waals surface area contributed by atoms with Gasteiger partial charge in [0.15, 0.2) is 5.78 Å². The van der Waals surface area contributed by atoms with Crippen molar-refractivity contribution in [2.45, 2.75) is 19.4 Å². The lowest BCUT2D eigenvalue weighted by Gasteiger charge is -2.23. The molecule has 1 N–H and O–H groups in total. The van der Waals surface area contributed by atoms with E-state index in [9.17, 15) is 18.8 Å². The van der Waals surface area contributed by atoms with Gasteiger partial charge in [-0.25, -0.2) is 9.40 Å². The van der Waals surface area contributed by atoms with Gasteiger partial charge in [-0.3, -0.25) is 14.4 Å². The maximum absolute atomic E-state index is 13.1. The number of nitrogens with one attached hydrogen (secondary N) is 1. The SMILES string of the molecule is O=C(Nc1cccc(C(=O)c2ccccc2)c1)C1=NN(Cc2ccc(F)cc2)C(=O)CC1. The van der Waals surface area contributed by atoms with E-state index in [4.69, 9.17) is 0 Å². The summed E-state index contributed by atoms with van der Waals surface area (Å²) >= 11 is 0. The van der Waals surface area contributed by atoms with Crippen molar-refractivity contribution in [3.05, 3.63) is 101 Å². The second kappa shape index (κ2) is 9.34. The number of rotatable bonds is 6. The molecule has 3 aromatic carbocycles. The number of anilines is 1. The van der Waals surface area contributed by atoms with Gasteiger partial charge in [0.1, 0.15) is 11.5 Å². The van der Waals surface area contributed by atoms with Gasteiger partial charge in [-0.2, -0.15) is 5.10 Å². The highest BCUT2D eigenvalue weighted by Gasteiger charge is 2.25. The van der Waals surface area contributed by atoms with Crippen LogP contribution in [0.25, 0.3) is 0 Å². The molecule has 0 aromatic heterocycles. The molecule has 3 aromatic rings. The van der Waals surface area contributed by atoms with Crippen molar-refractivity contribution in [2.24, 2.45) is 5.10 Å². The molecule has 6 nitrogen and oxygen atoms in total. The van der Waals surface area contributed by atoms with E-state index in [1.165, 1.54) is 17.1 Å². The lowest BCUT2D eigenvalue weighted by molar-refractivity contribution is -0.132. The molecule has 0 fully saturated rings. The van der Waals surface area contributed by atoms with Crippen LogP contribution in [0.5, 0.6) is 0 Å². The van der Waals surface area contributed by atoms with E-state index in [0.29, 0.717) is 22.4 Å². The van der Waals surface area contributed by atoms with Gasteiger partial charge in [0.05, 0.1) is 6.54 Å². The van der Waals surface area contributed by atoms with Crippen LogP contribution in [0.2, 0.25) is 0 Å². The van der Waals surface area contributed by atoms with Gasteiger partial charge in [-0.05, 0) is 29.8 Å². The maximum Gasteiger partial charge on any atom is 0.271 e. The van der Waals surface area contributed by atoms with Crippen LogP contribution in [-0.4, -0.2) is 28.3 Å². The fourth-order valence-corrected chi connectivity index (χ4v) is 3.35. The van der Waals surface area contributed by atoms with Crippen molar-refractivity contribution in [1.29, 1.82) is 0 Å². The quantitative estimate of drug-likeness (QED) is 0.597. The van der Waals surface area contributed by atoms with Crippen LogP contribution in [0.15, 0.2) is 84.0 Å². The fourth-order valence-electron chi connectivity index (χ4n) is 3.35. The average Bonchev–Trinajstić information content (AvgIpc) is 2.82. The van der Waals surface area contributed by atoms with Gasteiger partial charge in [0.25, 0.3) is 5.91 Å². The Balaban J connectivity index is 1.47. The van der Waals surface area contributed by atoms with Gasteiger partial charge in [-0.1, -0.05) is 54.6 Å². The summed E-state index contributed by atoms with van der Waals surface area (Å²) in [5, 5.41) is 8.19. The zero-order chi connectivity index (χ0) is 22.5. The summed E-state index contributed by atoms with van der Waals surface area (Å²) in [7, 11) is 0. The highest BCUT2D eigenvalue weighted by molar-refractivity contribution is 6.43. The van der Waals surface area contributed by atoms with Gasteiger partial charge in [0, 0.05) is 29.7 Å². The topological polar surface area (TPSA) is 78.8 Å². The Labute approximate surface area is 184 Å². The van der Waals surface area contributed by atoms with Gasteiger partial charge < -0.3 is 5.32 Å². The van der Waals surface area contributed by atoms with Crippen molar-refractivity contribution < 1.29 is 18.8 Å². The number of halogens is 1. The van der Waals surface area contributed by atoms with Crippen LogP contribution >= 0.6 is 0 Å². The maximum atomic E-state index is 13.1. The summed E-state index contributed by atoms with van der Waals surface area (Å²) in [4.78, 5) is 37.6. The summed E-state index contributed by atoms with van der Waals surface area (Å²) in [6.07, 6.45) is 0.368. The van der Waals surface area contributed by atoms with Crippen LogP contribution in [0.4, 0.5) is 10.1 Å². The van der Waals surface area contributed by atoms with Crippen LogP contribution in [0, 0.1) is 5.82 Å². The zero-order valence-electron chi connectivity index (χ0n) is 17.1. The first kappa shape index (κ1) is 21.1. The summed E-state index contributed by atoms with van der Waals surface area (Å²) in [6.45, 7) is 0.150. The molecule has 0 bridgehead atoms. The van der Waals surface area contributed by atoms with Crippen LogP contribution in [0.1, 0.15) is 34.3 Å². The van der Waals surface area contributed by atoms with Crippen LogP contribution in [-0.2, 0) is 16.1 Å². The first-order valence-corrected chi connectivity index (χ1v) is 10.1. The molecule has 2 amide bonds. The van der Waals surface area contributed by atoms with Crippen LogP contribution < -0.4 is 5.32 Å². The van der Waals surface area contributed by atoms with E-state index in [-0.39, 0.29) is 42.6 Å². The number of benzene rings is 3. The van der Waals surface area contributed by atoms with Gasteiger partial charge in [-0.15, -0.1) is 0 Å². The van der Waals surface area contributed by atoms with E-state index < -0.39 is 5.91 Å². The fraction of sp³-hybridized carbons (Fsp3) is 0.120. The molecule has 0 unspecified atom stereocenters. The lowest BCUT2D eigenvalue weighted by Crippen LogP contribution is -2.36. The molecule has 7 heteroatoms. The Bertz CT molecular complexity index is 1190. The minimum Gasteiger partial charge on any atom is -0.321 e. The molecule has 0 aliphatic carbocycles. The molecule has 0 atom stereocenters. The normalized spacial score (nSPS) is 13.5. The number of carbonyl (C=O) groups is 3. The Morgan fingerprint density at radius 2 is 1.62 bits per heavy atom. The third kappa shape index (κ3) is 4.95. The molecule has 0 saturated heterocycles. The van der Waals surface area contributed by atoms with Crippen molar-refractivity contribution in [3.8, 4) is 0 Å². The van der Waals surface area contributed by atoms with Crippen molar-refractivity contribution in [3.63, 3.8) is 0 Å². The number of ketones is 1. The molecular formula is C25H20FN3O3. The van der Waals surface area contributed by atoms with Gasteiger partial charge in [0.2, 0.25) is 5.91 Å². The highest BCUT2D eigenvalue weighted by atomic mass is 19.1. The predicted octanol–water partition coefficient (Wildman–Crippen LogP) is 4.17. The minimum atomic E-state index is -0.439. The Hall–Kier alpha value is -4.13. The molecule has 0 saturated carbocycles. The van der Waals surface area contributed by atoms with Crippen LogP contribution in [0.3, 0.4) is 0 Å². The predicted molar refractivity (Wildman–Crippen MR) is 119 cm³/mol. The number of hydrazone groups is 1. The molecule has 160 valence electrons. The summed E-state index contributed by atoms with van der Waals surface area (Å²) in [6, 6.07) is 21.3. The number of amides is 2. The largest absolute Gasteiger partial charge is 0.321 e. The summed E-state index contributed by atoms with van der Waals surface area (Å²) in [5.41, 5.74) is 2.39. The molecule has 32 heavy (non-hydrogen) atoms. The Morgan fingerprint density at radius 3 is 2.38 bits per heavy atom. The smallest absolute Gasteiger partial charge is 0.271 e. The number of hydrogen-bond donors (Lipinski definition) is 1. The standard InChI is InChI=1S/C25H20FN3O3/c26-20-11-9-17(10-12-20)16-29-23(30)14-13-22(28-29)25(32)27-21-8-4-7-19(15-21)24(31)18-5-2-1-3-6-18/h1-12,15H,13-14,16H2,(H,27,32). The molecule has 1 aliphatic heterocycles. The monoisotopic (exact) mass is 429 g/mol. The third-order valence-electron chi connectivity index (χ3n) is 5.03. The van der Waals surface area contributed by atoms with Crippen molar-refractivity contribution in [2.75, 3.05) is 5.32 Å². The Kier molecular flexibility index (Phi) is 6.17. The highest BCUT2D eigenvalue weighted by Crippen LogP contribution is 2.18.